The van der Waals surface area contributed by atoms with Crippen molar-refractivity contribution >= 4 is 56.7 Å². The van der Waals surface area contributed by atoms with Crippen LogP contribution in [0.15, 0.2) is 109 Å². The Morgan fingerprint density at radius 2 is 1.27 bits per heavy atom. The third-order valence-corrected chi connectivity index (χ3v) is 5.56. The summed E-state index contributed by atoms with van der Waals surface area (Å²) in [5, 5.41) is 15.1. The molecule has 0 bridgehead atoms. The van der Waals surface area contributed by atoms with Gasteiger partial charge in [-0.15, -0.1) is 0 Å². The number of para-hydroxylation sites is 2. The number of aromatic hydroxyl groups is 1. The molecule has 0 saturated carbocycles. The van der Waals surface area contributed by atoms with Crippen molar-refractivity contribution in [3.63, 3.8) is 0 Å². The van der Waals surface area contributed by atoms with E-state index in [1.807, 2.05) is 78.9 Å². The molecule has 1 amide bonds. The Labute approximate surface area is 220 Å². The van der Waals surface area contributed by atoms with Crippen LogP contribution in [0.5, 0.6) is 5.75 Å². The molecular formula is C29H28ClN5O2. The minimum atomic E-state index is -0.560. The highest BCUT2D eigenvalue weighted by Crippen LogP contribution is 2.29. The lowest BCUT2D eigenvalue weighted by Crippen LogP contribution is -2.14. The van der Waals surface area contributed by atoms with E-state index in [9.17, 15) is 9.90 Å². The number of nitrogen functional groups attached to an aromatic ring is 3. The smallest absolute Gasteiger partial charge is 0.250 e. The number of carbonyl (C=O) groups excluding carboxylic acids is 1. The van der Waals surface area contributed by atoms with Gasteiger partial charge in [-0.05, 0) is 60.7 Å². The van der Waals surface area contributed by atoms with Crippen molar-refractivity contribution in [2.75, 3.05) is 22.5 Å². The van der Waals surface area contributed by atoms with Crippen LogP contribution in [0, 0.1) is 0 Å². The Balaban J connectivity index is 0.000000156. The van der Waals surface area contributed by atoms with Crippen LogP contribution in [-0.2, 0) is 0 Å². The largest absolute Gasteiger partial charge is 0.507 e. The molecule has 0 aliphatic carbocycles. The molecule has 0 heterocycles. The Bertz CT molecular complexity index is 1440. The zero-order chi connectivity index (χ0) is 26.8. The highest BCUT2D eigenvalue weighted by molar-refractivity contribution is 6.35. The first kappa shape index (κ1) is 26.7. The summed E-state index contributed by atoms with van der Waals surface area (Å²) in [5.74, 6) is -0.287. The van der Waals surface area contributed by atoms with Crippen molar-refractivity contribution in [1.29, 1.82) is 0 Å². The van der Waals surface area contributed by atoms with E-state index in [0.717, 1.165) is 27.8 Å². The van der Waals surface area contributed by atoms with Gasteiger partial charge in [0.2, 0.25) is 0 Å². The number of phenols is 1. The molecule has 10 N–H and O–H groups in total. The van der Waals surface area contributed by atoms with Crippen molar-refractivity contribution in [2.45, 2.75) is 0 Å². The Hall–Kier alpha value is -4.88. The zero-order valence-electron chi connectivity index (χ0n) is 19.9. The highest BCUT2D eigenvalue weighted by Gasteiger charge is 2.06. The summed E-state index contributed by atoms with van der Waals surface area (Å²) in [6.45, 7) is 0. The second-order valence-corrected chi connectivity index (χ2v) is 8.31. The average Bonchev–Trinajstić information content (AvgIpc) is 2.91. The van der Waals surface area contributed by atoms with Crippen molar-refractivity contribution in [2.24, 2.45) is 5.73 Å². The molecule has 0 spiro atoms. The molecular weight excluding hydrogens is 486 g/mol. The van der Waals surface area contributed by atoms with Crippen LogP contribution in [0.2, 0.25) is 5.02 Å². The number of anilines is 5. The average molecular weight is 514 g/mol. The van der Waals surface area contributed by atoms with Crippen molar-refractivity contribution in [3.05, 3.63) is 120 Å². The Morgan fingerprint density at radius 1 is 0.676 bits per heavy atom. The van der Waals surface area contributed by atoms with Crippen molar-refractivity contribution in [3.8, 4) is 5.75 Å². The number of nitrogens with two attached hydrogens (primary N) is 4. The molecule has 5 aromatic rings. The van der Waals surface area contributed by atoms with Gasteiger partial charge in [0.25, 0.3) is 5.91 Å². The van der Waals surface area contributed by atoms with E-state index >= 15 is 0 Å². The Morgan fingerprint density at radius 3 is 1.86 bits per heavy atom. The summed E-state index contributed by atoms with van der Waals surface area (Å²) < 4.78 is 0. The van der Waals surface area contributed by atoms with Gasteiger partial charge in [-0.2, -0.15) is 0 Å². The number of rotatable bonds is 3. The molecule has 7 nitrogen and oxygen atoms in total. The van der Waals surface area contributed by atoms with Crippen LogP contribution in [0.1, 0.15) is 10.4 Å². The minimum absolute atomic E-state index is 0.250. The van der Waals surface area contributed by atoms with Gasteiger partial charge >= 0.3 is 0 Å². The number of primary amides is 1. The number of halogens is 1. The van der Waals surface area contributed by atoms with Crippen LogP contribution in [0.4, 0.5) is 28.4 Å². The van der Waals surface area contributed by atoms with E-state index in [1.54, 1.807) is 24.3 Å². The third-order valence-electron chi connectivity index (χ3n) is 5.23. The van der Waals surface area contributed by atoms with E-state index in [2.05, 4.69) is 5.32 Å². The lowest BCUT2D eigenvalue weighted by atomic mass is 10.1. The van der Waals surface area contributed by atoms with Crippen molar-refractivity contribution in [1.82, 2.24) is 0 Å². The molecule has 0 aromatic heterocycles. The number of hydrogen-bond acceptors (Lipinski definition) is 6. The van der Waals surface area contributed by atoms with Crippen LogP contribution < -0.4 is 28.3 Å². The number of benzene rings is 5. The quantitative estimate of drug-likeness (QED) is 0.159. The fraction of sp³-hybridized carbons (Fsp3) is 0. The number of hydrogen-bond donors (Lipinski definition) is 6. The number of carbonyl (C=O) groups is 1. The summed E-state index contributed by atoms with van der Waals surface area (Å²) in [6.07, 6.45) is 0. The molecule has 0 radical (unpaired) electrons. The first-order valence-electron chi connectivity index (χ1n) is 11.2. The van der Waals surface area contributed by atoms with Crippen LogP contribution >= 0.6 is 11.6 Å². The van der Waals surface area contributed by atoms with Gasteiger partial charge in [0.15, 0.2) is 0 Å². The Kier molecular flexibility index (Phi) is 9.18. The standard InChI is InChI=1S/C12H12N2.C10H7ClO.C7H9N3O/c13-10-6-8-12(9-7-10)14-11-4-2-1-3-5-11;11-9-5-6-10(12)8-4-2-1-3-7(8)9;8-5-3-1-2-4(6(5)9)7(10)11/h1-9,14H,13H2;1-6,12H;1-3H,8-9H2,(H2,10,11). The maximum absolute atomic E-state index is 10.7. The minimum Gasteiger partial charge on any atom is -0.507 e. The highest BCUT2D eigenvalue weighted by atomic mass is 35.5. The lowest BCUT2D eigenvalue weighted by molar-refractivity contribution is 0.100. The number of amides is 1. The summed E-state index contributed by atoms with van der Waals surface area (Å²) in [7, 11) is 0. The fourth-order valence-electron chi connectivity index (χ4n) is 3.30. The van der Waals surface area contributed by atoms with Crippen LogP contribution in [0.3, 0.4) is 0 Å². The van der Waals surface area contributed by atoms with E-state index < -0.39 is 5.91 Å². The van der Waals surface area contributed by atoms with Gasteiger partial charge < -0.3 is 33.4 Å². The van der Waals surface area contributed by atoms with Crippen molar-refractivity contribution < 1.29 is 9.90 Å². The second kappa shape index (κ2) is 12.7. The number of nitrogens with one attached hydrogen (secondary N) is 1. The SMILES string of the molecule is NC(=O)c1cccc(N)c1N.Nc1ccc(Nc2ccccc2)cc1.Oc1ccc(Cl)c2ccccc12. The van der Waals surface area contributed by atoms with Gasteiger partial charge in [-0.25, -0.2) is 0 Å². The van der Waals surface area contributed by atoms with Gasteiger partial charge in [0.1, 0.15) is 5.75 Å². The maximum Gasteiger partial charge on any atom is 0.250 e. The molecule has 8 heteroatoms. The van der Waals surface area contributed by atoms with Crippen LogP contribution in [-0.4, -0.2) is 11.0 Å². The topological polar surface area (TPSA) is 153 Å². The molecule has 0 saturated heterocycles. The fourth-order valence-corrected chi connectivity index (χ4v) is 3.53. The first-order valence-corrected chi connectivity index (χ1v) is 11.6. The predicted octanol–water partition coefficient (Wildman–Crippen LogP) is 6.16. The molecule has 0 fully saturated rings. The zero-order valence-corrected chi connectivity index (χ0v) is 20.7. The molecule has 0 aliphatic heterocycles. The lowest BCUT2D eigenvalue weighted by Gasteiger charge is -2.05. The third kappa shape index (κ3) is 7.55. The summed E-state index contributed by atoms with van der Waals surface area (Å²) in [6, 6.07) is 33.3. The molecule has 0 atom stereocenters. The van der Waals surface area contributed by atoms with E-state index in [-0.39, 0.29) is 17.0 Å². The summed E-state index contributed by atoms with van der Waals surface area (Å²) >= 11 is 5.92. The maximum atomic E-state index is 10.7. The van der Waals surface area contributed by atoms with Gasteiger partial charge in [-0.3, -0.25) is 4.79 Å². The van der Waals surface area contributed by atoms with Gasteiger partial charge in [0, 0.05) is 32.9 Å². The normalized spacial score (nSPS) is 9.86. The van der Waals surface area contributed by atoms with Gasteiger partial charge in [0.05, 0.1) is 16.9 Å². The summed E-state index contributed by atoms with van der Waals surface area (Å²) in [5.41, 5.74) is 25.3. The predicted molar refractivity (Wildman–Crippen MR) is 155 cm³/mol. The molecule has 5 rings (SSSR count). The molecule has 5 aromatic carbocycles. The van der Waals surface area contributed by atoms with Crippen LogP contribution in [0.25, 0.3) is 10.8 Å². The second-order valence-electron chi connectivity index (χ2n) is 7.90. The molecule has 0 aliphatic rings. The first-order chi connectivity index (χ1) is 17.8. The molecule has 188 valence electrons. The summed E-state index contributed by atoms with van der Waals surface area (Å²) in [4.78, 5) is 10.7. The number of phenolic OH excluding ortho intramolecular Hbond substituents is 1. The molecule has 0 unspecified atom stereocenters. The van der Waals surface area contributed by atoms with E-state index in [4.69, 9.17) is 34.5 Å². The molecule has 37 heavy (non-hydrogen) atoms. The number of fused-ring (bicyclic) bond motifs is 1. The van der Waals surface area contributed by atoms with Gasteiger partial charge in [-0.1, -0.05) is 60.1 Å². The van der Waals surface area contributed by atoms with E-state index in [0.29, 0.717) is 10.7 Å². The monoisotopic (exact) mass is 513 g/mol. The van der Waals surface area contributed by atoms with E-state index in [1.165, 1.54) is 6.07 Å².